The maximum Gasteiger partial charge on any atom is 0.410 e. The van der Waals surface area contributed by atoms with E-state index in [9.17, 15) is 24.0 Å². The number of ether oxygens (including phenoxy) is 5. The zero-order valence-electron chi connectivity index (χ0n) is 32.8. The number of hydrogen-bond acceptors (Lipinski definition) is 10. The van der Waals surface area contributed by atoms with Crippen LogP contribution in [0.1, 0.15) is 101 Å². The van der Waals surface area contributed by atoms with E-state index in [-0.39, 0.29) is 45.9 Å². The molecular weight excluding hydrogens is 660 g/mol. The minimum absolute atomic E-state index is 0.0192. The zero-order chi connectivity index (χ0) is 39.0. The van der Waals surface area contributed by atoms with Crippen LogP contribution in [0, 0.1) is 5.92 Å². The minimum atomic E-state index is -1.02. The van der Waals surface area contributed by atoms with E-state index >= 15 is 0 Å². The number of rotatable bonds is 15. The van der Waals surface area contributed by atoms with Crippen LogP contribution in [0.25, 0.3) is 0 Å². The first-order valence-electron chi connectivity index (χ1n) is 17.4. The third kappa shape index (κ3) is 22.3. The highest BCUT2D eigenvalue weighted by Gasteiger charge is 2.33. The lowest BCUT2D eigenvalue weighted by Gasteiger charge is -2.33. The largest absolute Gasteiger partial charge is 0.460 e. The van der Waals surface area contributed by atoms with Crippen LogP contribution in [0.15, 0.2) is 30.3 Å². The Hall–Kier alpha value is -4.23. The van der Waals surface area contributed by atoms with Crippen molar-refractivity contribution in [3.05, 3.63) is 35.9 Å². The first-order valence-corrected chi connectivity index (χ1v) is 17.4. The van der Waals surface area contributed by atoms with Crippen LogP contribution in [0.5, 0.6) is 0 Å². The van der Waals surface area contributed by atoms with Crippen LogP contribution in [0.3, 0.4) is 0 Å². The minimum Gasteiger partial charge on any atom is -0.460 e. The van der Waals surface area contributed by atoms with Gasteiger partial charge in [-0.25, -0.2) is 19.2 Å². The third-order valence-corrected chi connectivity index (χ3v) is 6.29. The molecule has 0 aromatic heterocycles. The van der Waals surface area contributed by atoms with Crippen molar-refractivity contribution in [2.24, 2.45) is 5.92 Å². The molecule has 14 heteroatoms. The summed E-state index contributed by atoms with van der Waals surface area (Å²) in [5.41, 5.74) is -2.26. The molecule has 0 saturated carbocycles. The van der Waals surface area contributed by atoms with Gasteiger partial charge in [-0.15, -0.1) is 0 Å². The molecule has 0 fully saturated rings. The second-order valence-corrected chi connectivity index (χ2v) is 16.2. The Morgan fingerprint density at radius 2 is 0.961 bits per heavy atom. The normalized spacial score (nSPS) is 12.0. The predicted molar refractivity (Wildman–Crippen MR) is 193 cm³/mol. The Kier molecular flexibility index (Phi) is 17.5. The predicted octanol–water partition coefficient (Wildman–Crippen LogP) is 6.65. The number of carbonyl (C=O) groups is 5. The standard InChI is InChI=1S/C37H62N4O10/c1-34(2,3)48-30(43)38-20-16-22-40(32(45)50-36(7,8)9)24-28(29(42)47-26-27-18-14-13-15-19-27)25-41(33(46)51-37(10,11)12)23-17-21-39-31(44)49-35(4,5)6/h13-15,18-19,28H,16-17,20-26H2,1-12H3,(H,38,43)(H,39,44). The highest BCUT2D eigenvalue weighted by Crippen LogP contribution is 2.18. The molecule has 1 aromatic rings. The smallest absolute Gasteiger partial charge is 0.410 e. The van der Waals surface area contributed by atoms with Gasteiger partial charge in [0, 0.05) is 39.3 Å². The van der Waals surface area contributed by atoms with E-state index in [1.807, 2.05) is 30.3 Å². The molecule has 2 N–H and O–H groups in total. The van der Waals surface area contributed by atoms with E-state index in [0.717, 1.165) is 5.56 Å². The fourth-order valence-corrected chi connectivity index (χ4v) is 4.30. The molecule has 0 heterocycles. The van der Waals surface area contributed by atoms with Gasteiger partial charge in [0.2, 0.25) is 0 Å². The van der Waals surface area contributed by atoms with Crippen molar-refractivity contribution in [3.8, 4) is 0 Å². The van der Waals surface area contributed by atoms with Gasteiger partial charge in [0.1, 0.15) is 29.0 Å². The van der Waals surface area contributed by atoms with Gasteiger partial charge in [-0.1, -0.05) is 30.3 Å². The fraction of sp³-hybridized carbons (Fsp3) is 0.703. The number of esters is 1. The average molecular weight is 723 g/mol. The first-order chi connectivity index (χ1) is 23.3. The maximum atomic E-state index is 13.8. The summed E-state index contributed by atoms with van der Waals surface area (Å²) in [5, 5.41) is 5.35. The lowest BCUT2D eigenvalue weighted by molar-refractivity contribution is -0.151. The summed E-state index contributed by atoms with van der Waals surface area (Å²) in [5.74, 6) is -1.66. The van der Waals surface area contributed by atoms with E-state index in [2.05, 4.69) is 10.6 Å². The Bertz CT molecular complexity index is 1190. The summed E-state index contributed by atoms with van der Waals surface area (Å²) in [7, 11) is 0. The van der Waals surface area contributed by atoms with Crippen molar-refractivity contribution in [1.82, 2.24) is 20.4 Å². The molecule has 0 radical (unpaired) electrons. The van der Waals surface area contributed by atoms with Crippen molar-refractivity contribution in [3.63, 3.8) is 0 Å². The summed E-state index contributed by atoms with van der Waals surface area (Å²) in [6, 6.07) is 9.13. The molecule has 0 aliphatic heterocycles. The highest BCUT2D eigenvalue weighted by molar-refractivity contribution is 5.76. The van der Waals surface area contributed by atoms with Gasteiger partial charge in [-0.2, -0.15) is 0 Å². The van der Waals surface area contributed by atoms with E-state index < -0.39 is 58.7 Å². The maximum absolute atomic E-state index is 13.8. The van der Waals surface area contributed by atoms with Gasteiger partial charge in [-0.3, -0.25) is 4.79 Å². The number of hydrogen-bond donors (Lipinski definition) is 2. The van der Waals surface area contributed by atoms with Crippen LogP contribution in [-0.4, -0.2) is 102 Å². The Morgan fingerprint density at radius 3 is 1.31 bits per heavy atom. The van der Waals surface area contributed by atoms with Crippen molar-refractivity contribution in [2.75, 3.05) is 39.3 Å². The molecule has 4 amide bonds. The van der Waals surface area contributed by atoms with Crippen LogP contribution < -0.4 is 10.6 Å². The van der Waals surface area contributed by atoms with Gasteiger partial charge in [0.05, 0.1) is 5.92 Å². The Balaban J connectivity index is 3.31. The molecule has 14 nitrogen and oxygen atoms in total. The molecule has 51 heavy (non-hydrogen) atoms. The second kappa shape index (κ2) is 20.0. The second-order valence-electron chi connectivity index (χ2n) is 16.2. The monoisotopic (exact) mass is 722 g/mol. The van der Waals surface area contributed by atoms with Gasteiger partial charge in [-0.05, 0) is 101 Å². The summed E-state index contributed by atoms with van der Waals surface area (Å²) in [6.07, 6.45) is -1.91. The molecular formula is C37H62N4O10. The first kappa shape index (κ1) is 44.8. The lowest BCUT2D eigenvalue weighted by atomic mass is 10.1. The molecule has 0 unspecified atom stereocenters. The average Bonchev–Trinajstić information content (AvgIpc) is 2.94. The summed E-state index contributed by atoms with van der Waals surface area (Å²) >= 11 is 0. The van der Waals surface area contributed by atoms with Crippen LogP contribution in [-0.2, 0) is 35.1 Å². The van der Waals surface area contributed by atoms with Gasteiger partial charge in [0.25, 0.3) is 0 Å². The van der Waals surface area contributed by atoms with Crippen LogP contribution in [0.4, 0.5) is 19.2 Å². The number of amides is 4. The summed E-state index contributed by atoms with van der Waals surface area (Å²) in [6.45, 7) is 21.2. The van der Waals surface area contributed by atoms with E-state index in [1.165, 1.54) is 9.80 Å². The molecule has 1 rings (SSSR count). The van der Waals surface area contributed by atoms with E-state index in [4.69, 9.17) is 23.7 Å². The highest BCUT2D eigenvalue weighted by atomic mass is 16.6. The number of nitrogens with zero attached hydrogens (tertiary/aromatic N) is 2. The fourth-order valence-electron chi connectivity index (χ4n) is 4.30. The number of alkyl carbamates (subject to hydrolysis) is 2. The van der Waals surface area contributed by atoms with Crippen molar-refractivity contribution >= 4 is 30.3 Å². The molecule has 0 atom stereocenters. The van der Waals surface area contributed by atoms with Crippen molar-refractivity contribution in [1.29, 1.82) is 0 Å². The van der Waals surface area contributed by atoms with Crippen LogP contribution in [0.2, 0.25) is 0 Å². The van der Waals surface area contributed by atoms with Gasteiger partial charge < -0.3 is 44.1 Å². The number of benzene rings is 1. The quantitative estimate of drug-likeness (QED) is 0.114. The molecule has 0 aliphatic carbocycles. The third-order valence-electron chi connectivity index (χ3n) is 6.29. The summed E-state index contributed by atoms with van der Waals surface area (Å²) < 4.78 is 27.7. The summed E-state index contributed by atoms with van der Waals surface area (Å²) in [4.78, 5) is 67.9. The van der Waals surface area contributed by atoms with Crippen LogP contribution >= 0.6 is 0 Å². The lowest BCUT2D eigenvalue weighted by Crippen LogP contribution is -2.48. The molecule has 0 spiro atoms. The zero-order valence-corrected chi connectivity index (χ0v) is 32.8. The molecule has 0 bridgehead atoms. The molecule has 0 aliphatic rings. The van der Waals surface area contributed by atoms with Crippen molar-refractivity contribution in [2.45, 2.75) is 125 Å². The molecule has 290 valence electrons. The van der Waals surface area contributed by atoms with E-state index in [1.54, 1.807) is 83.1 Å². The van der Waals surface area contributed by atoms with Crippen molar-refractivity contribution < 1.29 is 47.7 Å². The Morgan fingerprint density at radius 1 is 0.588 bits per heavy atom. The number of carbonyl (C=O) groups excluding carboxylic acids is 5. The number of nitrogens with one attached hydrogen (secondary N) is 2. The molecule has 1 aromatic carbocycles. The topological polar surface area (TPSA) is 162 Å². The van der Waals surface area contributed by atoms with E-state index in [0.29, 0.717) is 12.8 Å². The van der Waals surface area contributed by atoms with Gasteiger partial charge in [0.15, 0.2) is 0 Å². The molecule has 0 saturated heterocycles. The van der Waals surface area contributed by atoms with Gasteiger partial charge >= 0.3 is 30.3 Å². The Labute approximate surface area is 304 Å². The SMILES string of the molecule is CC(C)(C)OC(=O)NCCCN(CC(CN(CCCNC(=O)OC(C)(C)C)C(=O)OC(C)(C)C)C(=O)OCc1ccccc1)C(=O)OC(C)(C)C.